The summed E-state index contributed by atoms with van der Waals surface area (Å²) in [5.74, 6) is -0.131. The van der Waals surface area contributed by atoms with Crippen LogP contribution in [0.25, 0.3) is 0 Å². The van der Waals surface area contributed by atoms with E-state index in [1.807, 2.05) is 0 Å². The standard InChI is InChI=1S/C5H7NO3/c1-3-6-4(2-7)5(8)9-3/h4,7H,2H2,1H3. The van der Waals surface area contributed by atoms with Gasteiger partial charge in [0.25, 0.3) is 0 Å². The van der Waals surface area contributed by atoms with Gasteiger partial charge in [-0.1, -0.05) is 0 Å². The molecule has 4 nitrogen and oxygen atoms in total. The van der Waals surface area contributed by atoms with E-state index in [1.54, 1.807) is 6.92 Å². The number of carbonyl (C=O) groups excluding carboxylic acids is 1. The fraction of sp³-hybridized carbons (Fsp3) is 0.600. The maximum atomic E-state index is 10.5. The van der Waals surface area contributed by atoms with Gasteiger partial charge in [0.15, 0.2) is 11.9 Å². The first-order valence-electron chi connectivity index (χ1n) is 2.61. The Hall–Kier alpha value is -0.900. The number of hydrogen-bond acceptors (Lipinski definition) is 4. The summed E-state index contributed by atoms with van der Waals surface area (Å²) in [7, 11) is 0. The molecule has 0 bridgehead atoms. The van der Waals surface area contributed by atoms with E-state index in [0.717, 1.165) is 0 Å². The molecule has 0 amide bonds. The third-order valence-electron chi connectivity index (χ3n) is 1.03. The molecule has 1 N–H and O–H groups in total. The Balaban J connectivity index is 2.64. The first kappa shape index (κ1) is 6.22. The number of esters is 1. The third-order valence-corrected chi connectivity index (χ3v) is 1.03. The normalized spacial score (nSPS) is 25.8. The summed E-state index contributed by atoms with van der Waals surface area (Å²) >= 11 is 0. The van der Waals surface area contributed by atoms with Crippen molar-refractivity contribution in [3.63, 3.8) is 0 Å². The van der Waals surface area contributed by atoms with Crippen LogP contribution in [0.4, 0.5) is 0 Å². The second kappa shape index (κ2) is 2.14. The van der Waals surface area contributed by atoms with Crippen LogP contribution < -0.4 is 0 Å². The minimum Gasteiger partial charge on any atom is -0.411 e. The van der Waals surface area contributed by atoms with Crippen molar-refractivity contribution >= 4 is 11.9 Å². The second-order valence-corrected chi connectivity index (χ2v) is 1.77. The minimum atomic E-state index is -0.676. The smallest absolute Gasteiger partial charge is 0.339 e. The number of rotatable bonds is 1. The molecule has 1 unspecified atom stereocenters. The fourth-order valence-corrected chi connectivity index (χ4v) is 0.627. The number of hydrogen-bond donors (Lipinski definition) is 1. The van der Waals surface area contributed by atoms with Gasteiger partial charge in [-0.05, 0) is 0 Å². The van der Waals surface area contributed by atoms with Crippen LogP contribution in [-0.4, -0.2) is 29.6 Å². The van der Waals surface area contributed by atoms with Gasteiger partial charge in [-0.3, -0.25) is 0 Å². The molecule has 1 rings (SSSR count). The van der Waals surface area contributed by atoms with Gasteiger partial charge in [0.1, 0.15) is 0 Å². The second-order valence-electron chi connectivity index (χ2n) is 1.77. The third kappa shape index (κ3) is 1.08. The van der Waals surface area contributed by atoms with Crippen LogP contribution in [0.15, 0.2) is 4.99 Å². The number of cyclic esters (lactones) is 1. The molecule has 0 saturated carbocycles. The topological polar surface area (TPSA) is 58.9 Å². The zero-order chi connectivity index (χ0) is 6.85. The lowest BCUT2D eigenvalue weighted by molar-refractivity contribution is -0.135. The first-order valence-corrected chi connectivity index (χ1v) is 2.61. The molecule has 0 saturated heterocycles. The first-order chi connectivity index (χ1) is 4.24. The van der Waals surface area contributed by atoms with Crippen LogP contribution in [0.1, 0.15) is 6.92 Å². The maximum absolute atomic E-state index is 10.5. The van der Waals surface area contributed by atoms with E-state index in [4.69, 9.17) is 5.11 Å². The van der Waals surface area contributed by atoms with Gasteiger partial charge in [-0.25, -0.2) is 9.79 Å². The summed E-state index contributed by atoms with van der Waals surface area (Å²) in [6.07, 6.45) is 0. The molecular formula is C5H7NO3. The van der Waals surface area contributed by atoms with Gasteiger partial charge in [-0.2, -0.15) is 0 Å². The molecule has 1 aliphatic rings. The van der Waals surface area contributed by atoms with Crippen molar-refractivity contribution in [1.29, 1.82) is 0 Å². The van der Waals surface area contributed by atoms with Gasteiger partial charge >= 0.3 is 5.97 Å². The van der Waals surface area contributed by atoms with Crippen LogP contribution in [0.2, 0.25) is 0 Å². The molecule has 0 aromatic rings. The molecule has 0 aromatic heterocycles. The SMILES string of the molecule is CC1=NC(CO)C(=O)O1. The van der Waals surface area contributed by atoms with Gasteiger partial charge in [0.2, 0.25) is 0 Å². The molecule has 1 heterocycles. The van der Waals surface area contributed by atoms with E-state index >= 15 is 0 Å². The Labute approximate surface area is 52.2 Å². The number of carbonyl (C=O) groups is 1. The summed E-state index contributed by atoms with van der Waals surface area (Å²) in [4.78, 5) is 14.2. The van der Waals surface area contributed by atoms with Crippen LogP contribution >= 0.6 is 0 Å². The summed E-state index contributed by atoms with van der Waals surface area (Å²) in [5.41, 5.74) is 0. The fourth-order valence-electron chi connectivity index (χ4n) is 0.627. The summed E-state index contributed by atoms with van der Waals surface area (Å²) in [5, 5.41) is 8.45. The molecule has 4 heteroatoms. The monoisotopic (exact) mass is 129 g/mol. The van der Waals surface area contributed by atoms with Crippen molar-refractivity contribution in [3.8, 4) is 0 Å². The number of aliphatic hydroxyl groups is 1. The molecule has 0 fully saturated rings. The Bertz CT molecular complexity index is 164. The molecule has 0 aromatic carbocycles. The highest BCUT2D eigenvalue weighted by atomic mass is 16.6. The van der Waals surface area contributed by atoms with E-state index in [2.05, 4.69) is 9.73 Å². The van der Waals surface area contributed by atoms with E-state index in [1.165, 1.54) is 0 Å². The Morgan fingerprint density at radius 1 is 1.89 bits per heavy atom. The Morgan fingerprint density at radius 3 is 2.78 bits per heavy atom. The van der Waals surface area contributed by atoms with Gasteiger partial charge in [-0.15, -0.1) is 0 Å². The van der Waals surface area contributed by atoms with E-state index in [9.17, 15) is 4.79 Å². The highest BCUT2D eigenvalue weighted by Gasteiger charge is 2.25. The van der Waals surface area contributed by atoms with Crippen molar-refractivity contribution in [2.24, 2.45) is 4.99 Å². The Kier molecular flexibility index (Phi) is 1.48. The van der Waals surface area contributed by atoms with Gasteiger partial charge in [0, 0.05) is 6.92 Å². The zero-order valence-electron chi connectivity index (χ0n) is 5.00. The molecule has 0 aliphatic carbocycles. The maximum Gasteiger partial charge on any atom is 0.339 e. The number of ether oxygens (including phenoxy) is 1. The molecule has 50 valence electrons. The van der Waals surface area contributed by atoms with Crippen LogP contribution in [0.5, 0.6) is 0 Å². The average molecular weight is 129 g/mol. The molecule has 1 aliphatic heterocycles. The largest absolute Gasteiger partial charge is 0.411 e. The molecular weight excluding hydrogens is 122 g/mol. The zero-order valence-corrected chi connectivity index (χ0v) is 5.00. The number of nitrogens with zero attached hydrogens (tertiary/aromatic N) is 1. The average Bonchev–Trinajstić information content (AvgIpc) is 2.10. The molecule has 0 spiro atoms. The lowest BCUT2D eigenvalue weighted by Crippen LogP contribution is -2.18. The van der Waals surface area contributed by atoms with E-state index in [0.29, 0.717) is 5.90 Å². The molecule has 9 heavy (non-hydrogen) atoms. The predicted octanol–water partition coefficient (Wildman–Crippen LogP) is -0.677. The number of aliphatic hydroxyl groups excluding tert-OH is 1. The van der Waals surface area contributed by atoms with Crippen molar-refractivity contribution in [1.82, 2.24) is 0 Å². The van der Waals surface area contributed by atoms with Crippen molar-refractivity contribution in [2.75, 3.05) is 6.61 Å². The van der Waals surface area contributed by atoms with E-state index < -0.39 is 12.0 Å². The summed E-state index contributed by atoms with van der Waals surface area (Å²) < 4.78 is 4.52. The predicted molar refractivity (Wildman–Crippen MR) is 30.1 cm³/mol. The van der Waals surface area contributed by atoms with Crippen LogP contribution in [-0.2, 0) is 9.53 Å². The van der Waals surface area contributed by atoms with Gasteiger partial charge in [0.05, 0.1) is 6.61 Å². The quantitative estimate of drug-likeness (QED) is 0.477. The molecule has 1 atom stereocenters. The highest BCUT2D eigenvalue weighted by Crippen LogP contribution is 2.04. The van der Waals surface area contributed by atoms with E-state index in [-0.39, 0.29) is 6.61 Å². The lowest BCUT2D eigenvalue weighted by Gasteiger charge is -1.93. The molecule has 0 radical (unpaired) electrons. The Morgan fingerprint density at radius 2 is 2.56 bits per heavy atom. The van der Waals surface area contributed by atoms with Crippen LogP contribution in [0.3, 0.4) is 0 Å². The number of aliphatic imine (C=N–C) groups is 1. The summed E-state index contributed by atoms with van der Waals surface area (Å²) in [6, 6.07) is -0.676. The lowest BCUT2D eigenvalue weighted by atomic mass is 10.3. The van der Waals surface area contributed by atoms with Crippen LogP contribution in [0, 0.1) is 0 Å². The minimum absolute atomic E-state index is 0.268. The van der Waals surface area contributed by atoms with Crippen molar-refractivity contribution in [2.45, 2.75) is 13.0 Å². The highest BCUT2D eigenvalue weighted by molar-refractivity contribution is 5.96. The van der Waals surface area contributed by atoms with Crippen molar-refractivity contribution < 1.29 is 14.6 Å². The summed E-state index contributed by atoms with van der Waals surface area (Å²) in [6.45, 7) is 1.31. The van der Waals surface area contributed by atoms with Crippen molar-refractivity contribution in [3.05, 3.63) is 0 Å². The van der Waals surface area contributed by atoms with Gasteiger partial charge < -0.3 is 9.84 Å².